The largest absolute Gasteiger partial charge is 0.338 e. The van der Waals surface area contributed by atoms with Gasteiger partial charge >= 0.3 is 0 Å². The molecule has 27 heavy (non-hydrogen) atoms. The number of imidazole rings is 1. The highest BCUT2D eigenvalue weighted by Crippen LogP contribution is 2.23. The Morgan fingerprint density at radius 3 is 2.81 bits per heavy atom. The molecule has 0 spiro atoms. The Morgan fingerprint density at radius 1 is 1.22 bits per heavy atom. The Balaban J connectivity index is 1.42. The lowest BCUT2D eigenvalue weighted by Crippen LogP contribution is -2.40. The molecule has 3 aromatic rings. The highest BCUT2D eigenvalue weighted by Gasteiger charge is 2.25. The van der Waals surface area contributed by atoms with Crippen molar-refractivity contribution in [2.24, 2.45) is 5.92 Å². The quantitative estimate of drug-likeness (QED) is 0.712. The van der Waals surface area contributed by atoms with Gasteiger partial charge in [-0.1, -0.05) is 19.1 Å². The van der Waals surface area contributed by atoms with E-state index in [4.69, 9.17) is 0 Å². The second-order valence-corrected chi connectivity index (χ2v) is 7.31. The Kier molecular flexibility index (Phi) is 5.21. The lowest BCUT2D eigenvalue weighted by atomic mass is 9.97. The number of aromatic nitrogens is 2. The van der Waals surface area contributed by atoms with Crippen LogP contribution in [0.5, 0.6) is 0 Å². The molecule has 5 heteroatoms. The van der Waals surface area contributed by atoms with Gasteiger partial charge in [-0.2, -0.15) is 0 Å². The second kappa shape index (κ2) is 7.92. The number of nitrogens with one attached hydrogen (secondary N) is 2. The normalized spacial score (nSPS) is 17.9. The van der Waals surface area contributed by atoms with Gasteiger partial charge in [0.15, 0.2) is 0 Å². The van der Waals surface area contributed by atoms with Crippen LogP contribution in [0.15, 0.2) is 48.5 Å². The zero-order valence-electron chi connectivity index (χ0n) is 15.7. The molecule has 2 heterocycles. The number of piperidine rings is 1. The zero-order chi connectivity index (χ0) is 18.6. The molecule has 1 aliphatic rings. The molecule has 1 aromatic heterocycles. The van der Waals surface area contributed by atoms with Gasteiger partial charge in [-0.25, -0.2) is 4.98 Å². The van der Waals surface area contributed by atoms with Gasteiger partial charge in [0, 0.05) is 17.8 Å². The third-order valence-electron chi connectivity index (χ3n) is 5.23. The Bertz CT molecular complexity index is 880. The van der Waals surface area contributed by atoms with Crippen molar-refractivity contribution in [2.75, 3.05) is 25.0 Å². The van der Waals surface area contributed by atoms with Crippen LogP contribution < -0.4 is 5.32 Å². The van der Waals surface area contributed by atoms with E-state index < -0.39 is 0 Å². The van der Waals surface area contributed by atoms with Crippen molar-refractivity contribution in [3.63, 3.8) is 0 Å². The van der Waals surface area contributed by atoms with Gasteiger partial charge in [0.05, 0.1) is 17.0 Å². The molecule has 1 unspecified atom stereocenters. The molecule has 2 N–H and O–H groups in total. The highest BCUT2D eigenvalue weighted by molar-refractivity contribution is 5.93. The first-order valence-electron chi connectivity index (χ1n) is 9.81. The number of benzene rings is 2. The van der Waals surface area contributed by atoms with Crippen LogP contribution in [-0.4, -0.2) is 40.4 Å². The van der Waals surface area contributed by atoms with Gasteiger partial charge in [-0.15, -0.1) is 0 Å². The molecule has 0 saturated carbocycles. The summed E-state index contributed by atoms with van der Waals surface area (Å²) >= 11 is 0. The molecule has 1 fully saturated rings. The maximum Gasteiger partial charge on any atom is 0.228 e. The fraction of sp³-hybridized carbons (Fsp3) is 0.364. The number of hydrogen-bond donors (Lipinski definition) is 2. The molecule has 2 aromatic carbocycles. The third-order valence-corrected chi connectivity index (χ3v) is 5.23. The van der Waals surface area contributed by atoms with E-state index in [1.165, 1.54) is 0 Å². The predicted molar refractivity (Wildman–Crippen MR) is 110 cm³/mol. The minimum absolute atomic E-state index is 0.0837. The van der Waals surface area contributed by atoms with Gasteiger partial charge in [0.1, 0.15) is 5.82 Å². The van der Waals surface area contributed by atoms with Crippen molar-refractivity contribution in [1.29, 1.82) is 0 Å². The third kappa shape index (κ3) is 4.03. The van der Waals surface area contributed by atoms with Crippen molar-refractivity contribution >= 4 is 22.6 Å². The molecule has 0 radical (unpaired) electrons. The minimum Gasteiger partial charge on any atom is -0.338 e. The number of para-hydroxylation sites is 2. The molecular weight excluding hydrogens is 336 g/mol. The van der Waals surface area contributed by atoms with E-state index in [1.807, 2.05) is 48.5 Å². The molecular formula is C22H26N4O. The van der Waals surface area contributed by atoms with Gasteiger partial charge in [0.2, 0.25) is 5.91 Å². The Hall–Kier alpha value is -2.66. The van der Waals surface area contributed by atoms with E-state index in [0.717, 1.165) is 67.0 Å². The number of carbonyl (C=O) groups excluding carboxylic acids is 1. The van der Waals surface area contributed by atoms with E-state index in [0.29, 0.717) is 0 Å². The summed E-state index contributed by atoms with van der Waals surface area (Å²) in [6.45, 7) is 5.25. The van der Waals surface area contributed by atoms with Gasteiger partial charge in [0.25, 0.3) is 0 Å². The average Bonchev–Trinajstić information content (AvgIpc) is 3.13. The van der Waals surface area contributed by atoms with E-state index in [9.17, 15) is 4.79 Å². The van der Waals surface area contributed by atoms with Crippen molar-refractivity contribution < 1.29 is 4.79 Å². The summed E-state index contributed by atoms with van der Waals surface area (Å²) in [5.74, 6) is 1.06. The van der Waals surface area contributed by atoms with Crippen LogP contribution >= 0.6 is 0 Å². The van der Waals surface area contributed by atoms with Crippen molar-refractivity contribution in [2.45, 2.75) is 26.2 Å². The maximum atomic E-state index is 12.6. The lowest BCUT2D eigenvalue weighted by Gasteiger charge is -2.31. The van der Waals surface area contributed by atoms with Gasteiger partial charge < -0.3 is 15.2 Å². The first kappa shape index (κ1) is 17.7. The molecule has 140 valence electrons. The number of rotatable bonds is 5. The summed E-state index contributed by atoms with van der Waals surface area (Å²) in [5, 5.41) is 3.08. The fourth-order valence-corrected chi connectivity index (χ4v) is 3.83. The second-order valence-electron chi connectivity index (χ2n) is 7.31. The molecule has 5 nitrogen and oxygen atoms in total. The number of likely N-dealkylation sites (tertiary alicyclic amines) is 1. The van der Waals surface area contributed by atoms with E-state index in [-0.39, 0.29) is 11.8 Å². The SMILES string of the molecule is CCCN1CCCC(C(=O)Nc2ccc(-c3nc4ccccc4[nH]3)cc2)C1. The molecule has 0 bridgehead atoms. The van der Waals surface area contributed by atoms with Gasteiger partial charge in [-0.05, 0) is 68.8 Å². The molecule has 4 rings (SSSR count). The Labute approximate surface area is 159 Å². The number of anilines is 1. The van der Waals surface area contributed by atoms with Crippen LogP contribution in [0.1, 0.15) is 26.2 Å². The van der Waals surface area contributed by atoms with E-state index in [1.54, 1.807) is 0 Å². The summed E-state index contributed by atoms with van der Waals surface area (Å²) < 4.78 is 0. The van der Waals surface area contributed by atoms with Crippen molar-refractivity contribution in [1.82, 2.24) is 14.9 Å². The van der Waals surface area contributed by atoms with Gasteiger partial charge in [-0.3, -0.25) is 4.79 Å². The topological polar surface area (TPSA) is 61.0 Å². The summed E-state index contributed by atoms with van der Waals surface area (Å²) in [4.78, 5) is 23.0. The van der Waals surface area contributed by atoms with Crippen molar-refractivity contribution in [3.05, 3.63) is 48.5 Å². The summed E-state index contributed by atoms with van der Waals surface area (Å²) in [5.41, 5.74) is 3.83. The number of nitrogens with zero attached hydrogens (tertiary/aromatic N) is 2. The number of fused-ring (bicyclic) bond motifs is 1. The number of amides is 1. The number of carbonyl (C=O) groups is 1. The number of H-pyrrole nitrogens is 1. The number of aromatic amines is 1. The summed E-state index contributed by atoms with van der Waals surface area (Å²) in [6, 6.07) is 15.9. The van der Waals surface area contributed by atoms with Crippen LogP contribution in [0.2, 0.25) is 0 Å². The molecule has 1 amide bonds. The highest BCUT2D eigenvalue weighted by atomic mass is 16.1. The average molecular weight is 362 g/mol. The predicted octanol–water partition coefficient (Wildman–Crippen LogP) is 4.29. The standard InChI is InChI=1S/C22H26N4O/c1-2-13-26-14-5-6-17(15-26)22(27)23-18-11-9-16(10-12-18)21-24-19-7-3-4-8-20(19)25-21/h3-4,7-12,17H,2,5-6,13-15H2,1H3,(H,23,27)(H,24,25). The first-order valence-corrected chi connectivity index (χ1v) is 9.81. The molecule has 0 aliphatic carbocycles. The van der Waals surface area contributed by atoms with Crippen LogP contribution in [-0.2, 0) is 4.79 Å². The van der Waals surface area contributed by atoms with Crippen LogP contribution in [0.25, 0.3) is 22.4 Å². The van der Waals surface area contributed by atoms with Crippen LogP contribution in [0.3, 0.4) is 0 Å². The minimum atomic E-state index is 0.0837. The van der Waals surface area contributed by atoms with Crippen LogP contribution in [0.4, 0.5) is 5.69 Å². The smallest absolute Gasteiger partial charge is 0.228 e. The fourth-order valence-electron chi connectivity index (χ4n) is 3.83. The monoisotopic (exact) mass is 362 g/mol. The first-order chi connectivity index (χ1) is 13.2. The summed E-state index contributed by atoms with van der Waals surface area (Å²) in [6.07, 6.45) is 3.21. The maximum absolute atomic E-state index is 12.6. The summed E-state index contributed by atoms with van der Waals surface area (Å²) in [7, 11) is 0. The van der Waals surface area contributed by atoms with E-state index in [2.05, 4.69) is 27.1 Å². The van der Waals surface area contributed by atoms with Crippen molar-refractivity contribution in [3.8, 4) is 11.4 Å². The molecule has 1 saturated heterocycles. The Morgan fingerprint density at radius 2 is 2.04 bits per heavy atom. The molecule has 1 aliphatic heterocycles. The number of hydrogen-bond acceptors (Lipinski definition) is 3. The lowest BCUT2D eigenvalue weighted by molar-refractivity contribution is -0.121. The molecule has 1 atom stereocenters. The zero-order valence-corrected chi connectivity index (χ0v) is 15.7. The van der Waals surface area contributed by atoms with Crippen LogP contribution in [0, 0.1) is 5.92 Å². The van der Waals surface area contributed by atoms with E-state index >= 15 is 0 Å².